The number of nitrogens with zero attached hydrogens (tertiary/aromatic N) is 2. The van der Waals surface area contributed by atoms with Crippen molar-refractivity contribution in [1.82, 2.24) is 4.90 Å². The highest BCUT2D eigenvalue weighted by Crippen LogP contribution is 2.38. The van der Waals surface area contributed by atoms with E-state index in [-0.39, 0.29) is 23.6 Å². The van der Waals surface area contributed by atoms with Crippen molar-refractivity contribution < 1.29 is 18.7 Å². The Labute approximate surface area is 160 Å². The number of piperidine rings is 1. The Kier molecular flexibility index (Phi) is 5.48. The first-order valence-electron chi connectivity index (χ1n) is 10.1. The van der Waals surface area contributed by atoms with Crippen LogP contribution in [0.2, 0.25) is 0 Å². The molecule has 0 unspecified atom stereocenters. The fraction of sp³-hybridized carbons (Fsp3) is 0.667. The number of carbonyl (C=O) groups excluding carboxylic acids is 1. The molecule has 6 heteroatoms. The summed E-state index contributed by atoms with van der Waals surface area (Å²) in [5, 5.41) is 0. The van der Waals surface area contributed by atoms with Crippen LogP contribution in [0.1, 0.15) is 45.4 Å². The van der Waals surface area contributed by atoms with E-state index in [2.05, 4.69) is 4.90 Å². The minimum atomic E-state index is -0.303. The molecule has 2 aliphatic heterocycles. The van der Waals surface area contributed by atoms with Crippen LogP contribution in [0.15, 0.2) is 24.3 Å². The Hall–Kier alpha value is -1.50. The van der Waals surface area contributed by atoms with Gasteiger partial charge in [-0.25, -0.2) is 4.39 Å². The van der Waals surface area contributed by atoms with Crippen molar-refractivity contribution in [1.29, 1.82) is 0 Å². The standard InChI is InChI=1S/C21H29FN2O3/c1-16(25)24(19-4-2-17(22)3-5-19)20-8-12-23(13-9-20)18-6-10-21(11-7-18)26-14-15-27-21/h2-5,18,20H,6-15H2,1H3. The van der Waals surface area contributed by atoms with Crippen molar-refractivity contribution in [3.05, 3.63) is 30.1 Å². The minimum Gasteiger partial charge on any atom is -0.348 e. The molecule has 2 heterocycles. The van der Waals surface area contributed by atoms with Gasteiger partial charge in [-0.3, -0.25) is 4.79 Å². The molecule has 0 N–H and O–H groups in total. The van der Waals surface area contributed by atoms with Gasteiger partial charge in [-0.1, -0.05) is 0 Å². The quantitative estimate of drug-likeness (QED) is 0.812. The number of ether oxygens (including phenoxy) is 2. The van der Waals surface area contributed by atoms with Gasteiger partial charge < -0.3 is 19.3 Å². The van der Waals surface area contributed by atoms with Crippen molar-refractivity contribution in [3.63, 3.8) is 0 Å². The van der Waals surface area contributed by atoms with Crippen LogP contribution in [-0.2, 0) is 14.3 Å². The third-order valence-electron chi connectivity index (χ3n) is 6.36. The van der Waals surface area contributed by atoms with Crippen LogP contribution in [0.3, 0.4) is 0 Å². The third kappa shape index (κ3) is 4.03. The summed E-state index contributed by atoms with van der Waals surface area (Å²) in [5.41, 5.74) is 0.789. The minimum absolute atomic E-state index is 0.0233. The van der Waals surface area contributed by atoms with Gasteiger partial charge >= 0.3 is 0 Å². The highest BCUT2D eigenvalue weighted by Gasteiger charge is 2.42. The van der Waals surface area contributed by atoms with Gasteiger partial charge in [0, 0.05) is 50.6 Å². The summed E-state index contributed by atoms with van der Waals surface area (Å²) >= 11 is 0. The van der Waals surface area contributed by atoms with E-state index >= 15 is 0 Å². The molecule has 5 nitrogen and oxygen atoms in total. The average Bonchev–Trinajstić information content (AvgIpc) is 3.13. The molecule has 0 bridgehead atoms. The molecule has 1 aromatic rings. The molecule has 1 saturated carbocycles. The van der Waals surface area contributed by atoms with Gasteiger partial charge in [0.2, 0.25) is 5.91 Å². The highest BCUT2D eigenvalue weighted by molar-refractivity contribution is 5.92. The van der Waals surface area contributed by atoms with Crippen LogP contribution >= 0.6 is 0 Å². The maximum Gasteiger partial charge on any atom is 0.224 e. The van der Waals surface area contributed by atoms with Crippen molar-refractivity contribution in [2.45, 2.75) is 63.3 Å². The first kappa shape index (κ1) is 18.8. The smallest absolute Gasteiger partial charge is 0.224 e. The normalized spacial score (nSPS) is 24.4. The summed E-state index contributed by atoms with van der Waals surface area (Å²) in [6.07, 6.45) is 6.08. The molecule has 1 aliphatic carbocycles. The van der Waals surface area contributed by atoms with Crippen molar-refractivity contribution in [2.24, 2.45) is 0 Å². The predicted octanol–water partition coefficient (Wildman–Crippen LogP) is 3.33. The first-order valence-corrected chi connectivity index (χ1v) is 10.1. The molecule has 0 radical (unpaired) electrons. The van der Waals surface area contributed by atoms with E-state index in [1.807, 2.05) is 4.90 Å². The zero-order chi connectivity index (χ0) is 18.9. The number of halogens is 1. The van der Waals surface area contributed by atoms with Crippen LogP contribution in [0.25, 0.3) is 0 Å². The number of carbonyl (C=O) groups is 1. The Bertz CT molecular complexity index is 642. The Morgan fingerprint density at radius 1 is 1.07 bits per heavy atom. The lowest BCUT2D eigenvalue weighted by atomic mass is 9.87. The second kappa shape index (κ2) is 7.86. The van der Waals surface area contributed by atoms with Gasteiger partial charge in [-0.05, 0) is 49.9 Å². The summed E-state index contributed by atoms with van der Waals surface area (Å²) < 4.78 is 24.9. The SMILES string of the molecule is CC(=O)N(c1ccc(F)cc1)C1CCN(C2CCC3(CC2)OCCO3)CC1. The van der Waals surface area contributed by atoms with Crippen LogP contribution in [0.5, 0.6) is 0 Å². The molecule has 148 valence electrons. The number of rotatable bonds is 3. The summed E-state index contributed by atoms with van der Waals surface area (Å²) in [7, 11) is 0. The number of hydrogen-bond donors (Lipinski definition) is 0. The molecule has 0 atom stereocenters. The van der Waals surface area contributed by atoms with E-state index in [1.54, 1.807) is 19.1 Å². The van der Waals surface area contributed by atoms with E-state index < -0.39 is 0 Å². The largest absolute Gasteiger partial charge is 0.348 e. The number of anilines is 1. The summed E-state index contributed by atoms with van der Waals surface area (Å²) in [6, 6.07) is 7.01. The fourth-order valence-electron chi connectivity index (χ4n) is 4.95. The van der Waals surface area contributed by atoms with Gasteiger partial charge in [0.05, 0.1) is 13.2 Å². The number of amides is 1. The Morgan fingerprint density at radius 2 is 1.67 bits per heavy atom. The van der Waals surface area contributed by atoms with Crippen LogP contribution in [0, 0.1) is 5.82 Å². The van der Waals surface area contributed by atoms with E-state index in [4.69, 9.17) is 9.47 Å². The molecule has 0 aromatic heterocycles. The zero-order valence-corrected chi connectivity index (χ0v) is 16.0. The third-order valence-corrected chi connectivity index (χ3v) is 6.36. The molecule has 4 rings (SSSR count). The molecule has 2 saturated heterocycles. The van der Waals surface area contributed by atoms with E-state index in [1.165, 1.54) is 12.1 Å². The maximum atomic E-state index is 13.2. The van der Waals surface area contributed by atoms with Crippen molar-refractivity contribution >= 4 is 11.6 Å². The van der Waals surface area contributed by atoms with Crippen molar-refractivity contribution in [3.8, 4) is 0 Å². The lowest BCUT2D eigenvalue weighted by Gasteiger charge is -2.44. The molecule has 3 fully saturated rings. The van der Waals surface area contributed by atoms with Crippen LogP contribution in [0.4, 0.5) is 10.1 Å². The average molecular weight is 376 g/mol. The summed E-state index contributed by atoms with van der Waals surface area (Å²) in [6.45, 7) is 5.03. The monoisotopic (exact) mass is 376 g/mol. The topological polar surface area (TPSA) is 42.0 Å². The van der Waals surface area contributed by atoms with Crippen molar-refractivity contribution in [2.75, 3.05) is 31.2 Å². The van der Waals surface area contributed by atoms with Gasteiger partial charge in [0.25, 0.3) is 0 Å². The van der Waals surface area contributed by atoms with E-state index in [0.717, 1.165) is 70.5 Å². The van der Waals surface area contributed by atoms with Gasteiger partial charge in [0.1, 0.15) is 5.82 Å². The van der Waals surface area contributed by atoms with E-state index in [9.17, 15) is 9.18 Å². The fourth-order valence-corrected chi connectivity index (χ4v) is 4.95. The number of benzene rings is 1. The lowest BCUT2D eigenvalue weighted by molar-refractivity contribution is -0.184. The van der Waals surface area contributed by atoms with E-state index in [0.29, 0.717) is 6.04 Å². The lowest BCUT2D eigenvalue weighted by Crippen LogP contribution is -2.51. The molecular formula is C21H29FN2O3. The Balaban J connectivity index is 1.34. The highest BCUT2D eigenvalue weighted by atomic mass is 19.1. The molecule has 3 aliphatic rings. The van der Waals surface area contributed by atoms with Gasteiger partial charge in [-0.2, -0.15) is 0 Å². The maximum absolute atomic E-state index is 13.2. The second-order valence-corrected chi connectivity index (χ2v) is 7.97. The van der Waals surface area contributed by atoms with Crippen LogP contribution < -0.4 is 4.90 Å². The Morgan fingerprint density at radius 3 is 2.22 bits per heavy atom. The first-order chi connectivity index (χ1) is 13.1. The zero-order valence-electron chi connectivity index (χ0n) is 16.0. The molecule has 27 heavy (non-hydrogen) atoms. The second-order valence-electron chi connectivity index (χ2n) is 7.97. The van der Waals surface area contributed by atoms with Gasteiger partial charge in [0.15, 0.2) is 5.79 Å². The molecule has 1 amide bonds. The van der Waals surface area contributed by atoms with Crippen LogP contribution in [-0.4, -0.2) is 55.0 Å². The summed E-state index contributed by atoms with van der Waals surface area (Å²) in [4.78, 5) is 16.7. The summed E-state index contributed by atoms with van der Waals surface area (Å²) in [5.74, 6) is -0.555. The predicted molar refractivity (Wildman–Crippen MR) is 101 cm³/mol. The molecule has 1 spiro atoms. The number of hydrogen-bond acceptors (Lipinski definition) is 4. The molecule has 1 aromatic carbocycles. The molecular weight excluding hydrogens is 347 g/mol. The van der Waals surface area contributed by atoms with Gasteiger partial charge in [-0.15, -0.1) is 0 Å². The number of likely N-dealkylation sites (tertiary alicyclic amines) is 1.